The topological polar surface area (TPSA) is 104 Å². The fraction of sp³-hybridized carbons (Fsp3) is 0.286. The molecule has 0 aliphatic heterocycles. The largest absolute Gasteiger partial charge is 0.497 e. The number of methoxy groups -OCH3 is 3. The maximum atomic E-state index is 13.9. The summed E-state index contributed by atoms with van der Waals surface area (Å²) in [6, 6.07) is 12.6. The molecule has 11 heteroatoms. The minimum absolute atomic E-state index is 0.0196. The lowest BCUT2D eigenvalue weighted by Crippen LogP contribution is -2.24. The van der Waals surface area contributed by atoms with Gasteiger partial charge >= 0.3 is 0 Å². The third-order valence-electron chi connectivity index (χ3n) is 6.45. The van der Waals surface area contributed by atoms with Crippen LogP contribution in [0, 0.1) is 0 Å². The highest BCUT2D eigenvalue weighted by Gasteiger charge is 2.23. The molecule has 1 aliphatic carbocycles. The zero-order chi connectivity index (χ0) is 27.4. The van der Waals surface area contributed by atoms with Crippen LogP contribution in [0.1, 0.15) is 28.8 Å². The summed E-state index contributed by atoms with van der Waals surface area (Å²) in [4.78, 5) is 33.4. The number of hydrogen-bond acceptors (Lipinski definition) is 9. The number of aryl methyl sites for hydroxylation is 2. The number of amides is 1. The molecule has 0 bridgehead atoms. The number of carbonyl (C=O) groups is 1. The van der Waals surface area contributed by atoms with Crippen LogP contribution in [0.25, 0.3) is 15.9 Å². The van der Waals surface area contributed by atoms with E-state index >= 15 is 0 Å². The second-order valence-corrected chi connectivity index (χ2v) is 10.8. The summed E-state index contributed by atoms with van der Waals surface area (Å²) in [7, 11) is 4.73. The average Bonchev–Trinajstić information content (AvgIpc) is 3.35. The molecular formula is C28H28N4O5S2. The van der Waals surface area contributed by atoms with Crippen molar-refractivity contribution in [2.75, 3.05) is 27.1 Å². The van der Waals surface area contributed by atoms with E-state index in [1.54, 1.807) is 67.6 Å². The lowest BCUT2D eigenvalue weighted by molar-refractivity contribution is -0.118. The zero-order valence-electron chi connectivity index (χ0n) is 21.9. The van der Waals surface area contributed by atoms with Crippen LogP contribution in [0.15, 0.2) is 57.5 Å². The molecule has 2 heterocycles. The number of ether oxygens (including phenoxy) is 3. The van der Waals surface area contributed by atoms with Crippen molar-refractivity contribution in [3.05, 3.63) is 68.8 Å². The highest BCUT2D eigenvalue weighted by molar-refractivity contribution is 7.99. The smallest absolute Gasteiger partial charge is 0.267 e. The van der Waals surface area contributed by atoms with Crippen molar-refractivity contribution in [2.45, 2.75) is 30.8 Å². The third-order valence-corrected chi connectivity index (χ3v) is 8.58. The van der Waals surface area contributed by atoms with Gasteiger partial charge in [-0.15, -0.1) is 11.3 Å². The van der Waals surface area contributed by atoms with Gasteiger partial charge < -0.3 is 14.2 Å². The van der Waals surface area contributed by atoms with Crippen LogP contribution in [0.3, 0.4) is 0 Å². The Morgan fingerprint density at radius 2 is 1.82 bits per heavy atom. The van der Waals surface area contributed by atoms with Crippen molar-refractivity contribution in [1.29, 1.82) is 0 Å². The van der Waals surface area contributed by atoms with Gasteiger partial charge in [0.25, 0.3) is 11.5 Å². The summed E-state index contributed by atoms with van der Waals surface area (Å²) >= 11 is 2.78. The molecule has 1 amide bonds. The maximum absolute atomic E-state index is 13.9. The summed E-state index contributed by atoms with van der Waals surface area (Å²) in [5, 5.41) is 5.21. The van der Waals surface area contributed by atoms with Gasteiger partial charge in [-0.25, -0.2) is 10.4 Å². The van der Waals surface area contributed by atoms with E-state index in [4.69, 9.17) is 19.2 Å². The number of carbonyl (C=O) groups excluding carboxylic acids is 1. The van der Waals surface area contributed by atoms with Crippen LogP contribution < -0.4 is 25.2 Å². The molecule has 2 aromatic carbocycles. The molecule has 0 radical (unpaired) electrons. The Bertz CT molecular complexity index is 1590. The van der Waals surface area contributed by atoms with Crippen LogP contribution in [0.5, 0.6) is 17.2 Å². The van der Waals surface area contributed by atoms with E-state index in [0.717, 1.165) is 36.1 Å². The number of aromatic nitrogens is 2. The minimum atomic E-state index is -0.334. The lowest BCUT2D eigenvalue weighted by atomic mass is 9.97. The fourth-order valence-corrected chi connectivity index (χ4v) is 6.63. The number of thiophene rings is 1. The van der Waals surface area contributed by atoms with E-state index in [2.05, 4.69) is 10.5 Å². The second-order valence-electron chi connectivity index (χ2n) is 8.81. The standard InChI is InChI=1S/C28H28N4O5S2/c1-35-19-10-8-18(9-11-19)32-27(34)25-21-6-4-5-7-23(21)39-26(25)30-28(32)38-16-24(33)31-29-15-17-14-20(36-2)12-13-22(17)37-3/h8-15H,4-7,16H2,1-3H3,(H,31,33). The normalized spacial score (nSPS) is 12.9. The van der Waals surface area contributed by atoms with Gasteiger partial charge in [0.15, 0.2) is 5.16 Å². The predicted molar refractivity (Wildman–Crippen MR) is 154 cm³/mol. The summed E-state index contributed by atoms with van der Waals surface area (Å²) in [6.45, 7) is 0. The molecule has 0 atom stereocenters. The van der Waals surface area contributed by atoms with E-state index in [1.165, 1.54) is 22.9 Å². The molecule has 5 rings (SSSR count). The van der Waals surface area contributed by atoms with Crippen LogP contribution in [0.2, 0.25) is 0 Å². The van der Waals surface area contributed by atoms with Gasteiger partial charge in [-0.05, 0) is 73.7 Å². The molecular weight excluding hydrogens is 536 g/mol. The van der Waals surface area contributed by atoms with Crippen molar-refractivity contribution in [2.24, 2.45) is 5.10 Å². The first-order valence-electron chi connectivity index (χ1n) is 12.4. The Morgan fingerprint density at radius 1 is 1.08 bits per heavy atom. The molecule has 0 unspecified atom stereocenters. The predicted octanol–water partition coefficient (Wildman–Crippen LogP) is 4.59. The Morgan fingerprint density at radius 3 is 2.56 bits per heavy atom. The molecule has 0 saturated carbocycles. The quantitative estimate of drug-likeness (QED) is 0.137. The molecule has 4 aromatic rings. The van der Waals surface area contributed by atoms with Gasteiger partial charge in [0.2, 0.25) is 0 Å². The van der Waals surface area contributed by atoms with Gasteiger partial charge in [-0.3, -0.25) is 14.2 Å². The summed E-state index contributed by atoms with van der Waals surface area (Å²) in [6.07, 6.45) is 5.55. The van der Waals surface area contributed by atoms with E-state index in [1.807, 2.05) is 12.1 Å². The van der Waals surface area contributed by atoms with Crippen molar-refractivity contribution in [3.8, 4) is 22.9 Å². The van der Waals surface area contributed by atoms with Crippen LogP contribution >= 0.6 is 23.1 Å². The van der Waals surface area contributed by atoms with Crippen LogP contribution in [-0.2, 0) is 17.6 Å². The second kappa shape index (κ2) is 11.9. The van der Waals surface area contributed by atoms with Crippen molar-refractivity contribution in [3.63, 3.8) is 0 Å². The number of rotatable bonds is 9. The molecule has 202 valence electrons. The molecule has 2 aromatic heterocycles. The Kier molecular flexibility index (Phi) is 8.18. The van der Waals surface area contributed by atoms with Gasteiger partial charge in [-0.1, -0.05) is 11.8 Å². The van der Waals surface area contributed by atoms with Crippen LogP contribution in [0.4, 0.5) is 0 Å². The number of hydrazone groups is 1. The average molecular weight is 565 g/mol. The molecule has 0 fully saturated rings. The van der Waals surface area contributed by atoms with Crippen molar-refractivity contribution < 1.29 is 19.0 Å². The summed E-state index contributed by atoms with van der Waals surface area (Å²) in [5.74, 6) is 1.62. The monoisotopic (exact) mass is 564 g/mol. The van der Waals surface area contributed by atoms with Crippen molar-refractivity contribution >= 4 is 45.4 Å². The Hall–Kier alpha value is -3.83. The van der Waals surface area contributed by atoms with Gasteiger partial charge in [0, 0.05) is 10.4 Å². The van der Waals surface area contributed by atoms with Gasteiger partial charge in [0.05, 0.1) is 44.4 Å². The van der Waals surface area contributed by atoms with Crippen molar-refractivity contribution in [1.82, 2.24) is 15.0 Å². The highest BCUT2D eigenvalue weighted by atomic mass is 32.2. The Balaban J connectivity index is 1.41. The Labute approximate surface area is 233 Å². The number of hydrogen-bond donors (Lipinski definition) is 1. The number of fused-ring (bicyclic) bond motifs is 3. The van der Waals surface area contributed by atoms with Gasteiger partial charge in [-0.2, -0.15) is 5.10 Å². The van der Waals surface area contributed by atoms with E-state index in [0.29, 0.717) is 39.0 Å². The lowest BCUT2D eigenvalue weighted by Gasteiger charge is -2.14. The first-order chi connectivity index (χ1) is 19.0. The number of nitrogens with one attached hydrogen (secondary N) is 1. The SMILES string of the molecule is COc1ccc(-n2c(SCC(=O)NN=Cc3cc(OC)ccc3OC)nc3sc4c(c3c2=O)CCCC4)cc1. The fourth-order valence-electron chi connectivity index (χ4n) is 4.52. The van der Waals surface area contributed by atoms with Gasteiger partial charge in [0.1, 0.15) is 22.1 Å². The molecule has 9 nitrogen and oxygen atoms in total. The van der Waals surface area contributed by atoms with E-state index in [-0.39, 0.29) is 17.2 Å². The maximum Gasteiger partial charge on any atom is 0.267 e. The summed E-state index contributed by atoms with van der Waals surface area (Å²) in [5.41, 5.74) is 4.87. The van der Waals surface area contributed by atoms with E-state index < -0.39 is 0 Å². The highest BCUT2D eigenvalue weighted by Crippen LogP contribution is 2.35. The molecule has 39 heavy (non-hydrogen) atoms. The molecule has 1 N–H and O–H groups in total. The van der Waals surface area contributed by atoms with Crippen LogP contribution in [-0.4, -0.2) is 48.8 Å². The molecule has 1 aliphatic rings. The summed E-state index contributed by atoms with van der Waals surface area (Å²) < 4.78 is 17.5. The molecule has 0 spiro atoms. The first kappa shape index (κ1) is 26.8. The number of benzene rings is 2. The third kappa shape index (κ3) is 5.64. The first-order valence-corrected chi connectivity index (χ1v) is 14.2. The molecule has 0 saturated heterocycles. The van der Waals surface area contributed by atoms with E-state index in [9.17, 15) is 9.59 Å². The zero-order valence-corrected chi connectivity index (χ0v) is 23.5. The number of thioether (sulfide) groups is 1. The number of nitrogens with zero attached hydrogens (tertiary/aromatic N) is 3. The minimum Gasteiger partial charge on any atom is -0.497 e.